The molecule has 0 bridgehead atoms. The van der Waals surface area contributed by atoms with Gasteiger partial charge in [-0.2, -0.15) is 0 Å². The molecule has 0 aliphatic rings. The van der Waals surface area contributed by atoms with Gasteiger partial charge in [0.05, 0.1) is 11.3 Å². The van der Waals surface area contributed by atoms with E-state index in [0.29, 0.717) is 0 Å². The van der Waals surface area contributed by atoms with Gasteiger partial charge < -0.3 is 4.90 Å². The van der Waals surface area contributed by atoms with Crippen LogP contribution in [-0.4, -0.2) is 24.8 Å². The topological polar surface area (TPSA) is 20.3 Å². The molecule has 0 spiro atoms. The van der Waals surface area contributed by atoms with E-state index in [1.807, 2.05) is 0 Å². The van der Waals surface area contributed by atoms with Crippen molar-refractivity contribution in [2.75, 3.05) is 14.1 Å². The Morgan fingerprint density at radius 3 is 2.43 bits per heavy atom. The fraction of sp³-hybridized carbons (Fsp3) is 0.182. The maximum atomic E-state index is 13.2. The number of nitrogens with zero attached hydrogens (tertiary/aromatic N) is 1. The SMILES string of the molecule is C=C(C(=O)c1ccccc1F)N(C)C. The molecule has 0 unspecified atom stereocenters. The maximum absolute atomic E-state index is 13.2. The van der Waals surface area contributed by atoms with Crippen LogP contribution < -0.4 is 0 Å². The molecule has 0 atom stereocenters. The summed E-state index contributed by atoms with van der Waals surface area (Å²) in [4.78, 5) is 13.2. The zero-order chi connectivity index (χ0) is 10.7. The van der Waals surface area contributed by atoms with Gasteiger partial charge in [0.15, 0.2) is 0 Å². The Kier molecular flexibility index (Phi) is 3.02. The van der Waals surface area contributed by atoms with Crippen LogP contribution in [-0.2, 0) is 0 Å². The lowest BCUT2D eigenvalue weighted by atomic mass is 10.1. The van der Waals surface area contributed by atoms with E-state index in [1.54, 1.807) is 31.1 Å². The molecule has 0 aromatic heterocycles. The molecule has 74 valence electrons. The Morgan fingerprint density at radius 2 is 1.93 bits per heavy atom. The number of hydrogen-bond acceptors (Lipinski definition) is 2. The van der Waals surface area contributed by atoms with Crippen molar-refractivity contribution < 1.29 is 9.18 Å². The van der Waals surface area contributed by atoms with Gasteiger partial charge in [-0.25, -0.2) is 4.39 Å². The van der Waals surface area contributed by atoms with Gasteiger partial charge in [-0.05, 0) is 12.1 Å². The first-order valence-corrected chi connectivity index (χ1v) is 4.19. The van der Waals surface area contributed by atoms with Crippen molar-refractivity contribution in [2.45, 2.75) is 0 Å². The highest BCUT2D eigenvalue weighted by molar-refractivity contribution is 6.07. The maximum Gasteiger partial charge on any atom is 0.211 e. The Labute approximate surface area is 82.7 Å². The number of ketones is 1. The lowest BCUT2D eigenvalue weighted by Crippen LogP contribution is -2.19. The molecule has 14 heavy (non-hydrogen) atoms. The molecule has 1 aromatic rings. The average Bonchev–Trinajstić information content (AvgIpc) is 2.16. The van der Waals surface area contributed by atoms with E-state index in [0.717, 1.165) is 0 Å². The van der Waals surface area contributed by atoms with E-state index in [4.69, 9.17) is 0 Å². The summed E-state index contributed by atoms with van der Waals surface area (Å²) in [5.41, 5.74) is 0.335. The van der Waals surface area contributed by atoms with Crippen LogP contribution in [0.1, 0.15) is 10.4 Å². The fourth-order valence-corrected chi connectivity index (χ4v) is 1.00. The van der Waals surface area contributed by atoms with Crippen LogP contribution in [0.4, 0.5) is 4.39 Å². The first kappa shape index (κ1) is 10.4. The van der Waals surface area contributed by atoms with Crippen LogP contribution in [0.5, 0.6) is 0 Å². The number of carbonyl (C=O) groups is 1. The van der Waals surface area contributed by atoms with E-state index in [2.05, 4.69) is 6.58 Å². The van der Waals surface area contributed by atoms with Gasteiger partial charge in [0.1, 0.15) is 5.82 Å². The second-order valence-corrected chi connectivity index (χ2v) is 3.15. The largest absolute Gasteiger partial charge is 0.375 e. The van der Waals surface area contributed by atoms with Gasteiger partial charge in [0, 0.05) is 14.1 Å². The summed E-state index contributed by atoms with van der Waals surface area (Å²) in [7, 11) is 3.39. The Hall–Kier alpha value is -1.64. The highest BCUT2D eigenvalue weighted by Gasteiger charge is 2.15. The molecule has 0 saturated heterocycles. The average molecular weight is 193 g/mol. The Morgan fingerprint density at radius 1 is 1.36 bits per heavy atom. The molecule has 0 heterocycles. The number of rotatable bonds is 3. The molecule has 0 radical (unpaired) electrons. The summed E-state index contributed by atoms with van der Waals surface area (Å²) >= 11 is 0. The predicted molar refractivity (Wildman–Crippen MR) is 53.6 cm³/mol. The van der Waals surface area contributed by atoms with Crippen molar-refractivity contribution in [3.63, 3.8) is 0 Å². The van der Waals surface area contributed by atoms with E-state index in [-0.39, 0.29) is 17.0 Å². The first-order valence-electron chi connectivity index (χ1n) is 4.19. The van der Waals surface area contributed by atoms with Gasteiger partial charge in [0.2, 0.25) is 5.78 Å². The molecule has 0 N–H and O–H groups in total. The third-order valence-corrected chi connectivity index (χ3v) is 1.92. The standard InChI is InChI=1S/C11H12FNO/c1-8(13(2)3)11(14)9-6-4-5-7-10(9)12/h4-7H,1H2,2-3H3. The third-order valence-electron chi connectivity index (χ3n) is 1.92. The van der Waals surface area contributed by atoms with Crippen molar-refractivity contribution in [1.29, 1.82) is 0 Å². The van der Waals surface area contributed by atoms with E-state index >= 15 is 0 Å². The van der Waals surface area contributed by atoms with Crippen molar-refractivity contribution in [3.05, 3.63) is 47.9 Å². The molecule has 1 aromatic carbocycles. The van der Waals surface area contributed by atoms with Crippen LogP contribution >= 0.6 is 0 Å². The highest BCUT2D eigenvalue weighted by atomic mass is 19.1. The second-order valence-electron chi connectivity index (χ2n) is 3.15. The molecular weight excluding hydrogens is 181 g/mol. The zero-order valence-electron chi connectivity index (χ0n) is 8.25. The Bertz CT molecular complexity index is 371. The molecule has 0 aliphatic heterocycles. The van der Waals surface area contributed by atoms with E-state index in [1.165, 1.54) is 12.1 Å². The van der Waals surface area contributed by atoms with Gasteiger partial charge in [-0.15, -0.1) is 0 Å². The molecule has 3 heteroatoms. The first-order chi connectivity index (χ1) is 6.54. The molecule has 0 fully saturated rings. The fourth-order valence-electron chi connectivity index (χ4n) is 1.00. The van der Waals surface area contributed by atoms with E-state index in [9.17, 15) is 9.18 Å². The van der Waals surface area contributed by atoms with Crippen molar-refractivity contribution in [3.8, 4) is 0 Å². The van der Waals surface area contributed by atoms with Crippen molar-refractivity contribution in [1.82, 2.24) is 4.90 Å². The summed E-state index contributed by atoms with van der Waals surface area (Å²) in [6.07, 6.45) is 0. The number of hydrogen-bond donors (Lipinski definition) is 0. The van der Waals surface area contributed by atoms with Crippen LogP contribution in [0.2, 0.25) is 0 Å². The lowest BCUT2D eigenvalue weighted by molar-refractivity contribution is 0.100. The number of halogens is 1. The minimum Gasteiger partial charge on any atom is -0.375 e. The van der Waals surface area contributed by atoms with Gasteiger partial charge in [-0.3, -0.25) is 4.79 Å². The second kappa shape index (κ2) is 4.05. The normalized spacial score (nSPS) is 9.64. The zero-order valence-corrected chi connectivity index (χ0v) is 8.25. The van der Waals surface area contributed by atoms with Crippen LogP contribution in [0.3, 0.4) is 0 Å². The summed E-state index contributed by atoms with van der Waals surface area (Å²) < 4.78 is 13.2. The van der Waals surface area contributed by atoms with Crippen LogP contribution in [0, 0.1) is 5.82 Å². The minimum absolute atomic E-state index is 0.0613. The van der Waals surface area contributed by atoms with Gasteiger partial charge in [-0.1, -0.05) is 18.7 Å². The number of likely N-dealkylation sites (N-methyl/N-ethyl adjacent to an activating group) is 1. The Balaban J connectivity index is 3.02. The quantitative estimate of drug-likeness (QED) is 0.541. The summed E-state index contributed by atoms with van der Waals surface area (Å²) in [6.45, 7) is 3.58. The molecule has 1 rings (SSSR count). The molecule has 0 aliphatic carbocycles. The monoisotopic (exact) mass is 193 g/mol. The van der Waals surface area contributed by atoms with Gasteiger partial charge in [0.25, 0.3) is 0 Å². The third kappa shape index (κ3) is 1.99. The number of Topliss-reactive ketones (excluding diaryl/α,β-unsaturated/α-hetero) is 1. The smallest absolute Gasteiger partial charge is 0.211 e. The lowest BCUT2D eigenvalue weighted by Gasteiger charge is -2.14. The number of benzene rings is 1. The summed E-state index contributed by atoms with van der Waals surface area (Å²) in [5.74, 6) is -0.895. The number of allylic oxidation sites excluding steroid dienone is 1. The van der Waals surface area contributed by atoms with Crippen LogP contribution in [0.15, 0.2) is 36.5 Å². The van der Waals surface area contributed by atoms with Gasteiger partial charge >= 0.3 is 0 Å². The predicted octanol–water partition coefficient (Wildman–Crippen LogP) is 2.08. The summed E-state index contributed by atoms with van der Waals surface area (Å²) in [6, 6.07) is 5.88. The van der Waals surface area contributed by atoms with Crippen LogP contribution in [0.25, 0.3) is 0 Å². The summed E-state index contributed by atoms with van der Waals surface area (Å²) in [5, 5.41) is 0. The minimum atomic E-state index is -0.513. The number of carbonyl (C=O) groups excluding carboxylic acids is 1. The van der Waals surface area contributed by atoms with Crippen molar-refractivity contribution in [2.24, 2.45) is 0 Å². The molecular formula is C11H12FNO. The molecule has 2 nitrogen and oxygen atoms in total. The van der Waals surface area contributed by atoms with E-state index < -0.39 is 5.82 Å². The highest BCUT2D eigenvalue weighted by Crippen LogP contribution is 2.12. The van der Waals surface area contributed by atoms with Crippen molar-refractivity contribution >= 4 is 5.78 Å². The molecule has 0 amide bonds. The molecule has 0 saturated carbocycles.